The number of aliphatic carboxylic acids is 1. The van der Waals surface area contributed by atoms with Crippen molar-refractivity contribution in [3.05, 3.63) is 96.1 Å². The highest BCUT2D eigenvalue weighted by atomic mass is 16.4. The molecule has 28 heavy (non-hydrogen) atoms. The fraction of sp³-hybridized carbons (Fsp3) is 0.0833. The lowest BCUT2D eigenvalue weighted by molar-refractivity contribution is -0.139. The molecule has 0 aromatic heterocycles. The lowest BCUT2D eigenvalue weighted by Gasteiger charge is -2.15. The Balaban J connectivity index is 1.55. The standard InChI is InChI=1S/C24H19NO3/c26-23(21-12-11-18-6-2-4-8-20(18)15-21)25-22(24(27)28)14-16-9-10-17-5-1-3-7-19(17)13-16/h1-13,15,22H,14H2,(H,25,26)(H,27,28). The second-order valence-corrected chi connectivity index (χ2v) is 6.81. The number of amides is 1. The van der Waals surface area contributed by atoms with E-state index in [9.17, 15) is 14.7 Å². The molecule has 0 saturated carbocycles. The van der Waals surface area contributed by atoms with Crippen LogP contribution in [-0.4, -0.2) is 23.0 Å². The lowest BCUT2D eigenvalue weighted by atomic mass is 10.0. The lowest BCUT2D eigenvalue weighted by Crippen LogP contribution is -2.42. The van der Waals surface area contributed by atoms with Crippen LogP contribution in [0, 0.1) is 0 Å². The summed E-state index contributed by atoms with van der Waals surface area (Å²) in [6, 6.07) is 25.8. The number of hydrogen-bond acceptors (Lipinski definition) is 2. The van der Waals surface area contributed by atoms with E-state index in [1.165, 1.54) is 0 Å². The first-order valence-electron chi connectivity index (χ1n) is 9.10. The first kappa shape index (κ1) is 17.7. The van der Waals surface area contributed by atoms with E-state index in [-0.39, 0.29) is 12.3 Å². The molecule has 138 valence electrons. The SMILES string of the molecule is O=C(NC(Cc1ccc2ccccc2c1)C(=O)O)c1ccc2ccccc2c1. The number of carboxylic acid groups (broad SMARTS) is 1. The summed E-state index contributed by atoms with van der Waals surface area (Å²) >= 11 is 0. The van der Waals surface area contributed by atoms with E-state index in [4.69, 9.17) is 0 Å². The Hall–Kier alpha value is -3.66. The van der Waals surface area contributed by atoms with Crippen LogP contribution in [0.2, 0.25) is 0 Å². The minimum atomic E-state index is -1.05. The van der Waals surface area contributed by atoms with Crippen LogP contribution in [0.25, 0.3) is 21.5 Å². The fourth-order valence-corrected chi connectivity index (χ4v) is 3.37. The second kappa shape index (κ2) is 7.53. The van der Waals surface area contributed by atoms with Gasteiger partial charge in [-0.2, -0.15) is 0 Å². The molecule has 1 atom stereocenters. The van der Waals surface area contributed by atoms with Gasteiger partial charge in [-0.15, -0.1) is 0 Å². The molecule has 0 aliphatic heterocycles. The van der Waals surface area contributed by atoms with Gasteiger partial charge in [-0.3, -0.25) is 4.79 Å². The summed E-state index contributed by atoms with van der Waals surface area (Å²) in [5, 5.41) is 16.4. The summed E-state index contributed by atoms with van der Waals surface area (Å²) in [5.41, 5.74) is 1.31. The maximum Gasteiger partial charge on any atom is 0.326 e. The fourth-order valence-electron chi connectivity index (χ4n) is 3.37. The average Bonchev–Trinajstić information content (AvgIpc) is 2.72. The quantitative estimate of drug-likeness (QED) is 0.547. The van der Waals surface area contributed by atoms with Gasteiger partial charge in [0.05, 0.1) is 0 Å². The van der Waals surface area contributed by atoms with Crippen molar-refractivity contribution in [3.8, 4) is 0 Å². The minimum Gasteiger partial charge on any atom is -0.480 e. The van der Waals surface area contributed by atoms with E-state index in [2.05, 4.69) is 5.32 Å². The molecule has 0 radical (unpaired) electrons. The molecule has 0 fully saturated rings. The maximum absolute atomic E-state index is 12.6. The van der Waals surface area contributed by atoms with E-state index in [0.29, 0.717) is 5.56 Å². The van der Waals surface area contributed by atoms with Crippen LogP contribution < -0.4 is 5.32 Å². The normalized spacial score (nSPS) is 12.0. The molecule has 0 bridgehead atoms. The van der Waals surface area contributed by atoms with Crippen molar-refractivity contribution in [1.82, 2.24) is 5.32 Å². The zero-order valence-electron chi connectivity index (χ0n) is 15.1. The number of rotatable bonds is 5. The minimum absolute atomic E-state index is 0.222. The molecule has 4 aromatic rings. The Bertz CT molecular complexity index is 1180. The van der Waals surface area contributed by atoms with Gasteiger partial charge in [0.25, 0.3) is 5.91 Å². The Morgan fingerprint density at radius 2 is 1.32 bits per heavy atom. The highest BCUT2D eigenvalue weighted by Crippen LogP contribution is 2.18. The van der Waals surface area contributed by atoms with Crippen molar-refractivity contribution in [3.63, 3.8) is 0 Å². The number of hydrogen-bond donors (Lipinski definition) is 2. The van der Waals surface area contributed by atoms with Gasteiger partial charge in [-0.05, 0) is 39.2 Å². The van der Waals surface area contributed by atoms with Crippen LogP contribution in [-0.2, 0) is 11.2 Å². The summed E-state index contributed by atoms with van der Waals surface area (Å²) in [6.07, 6.45) is 0.222. The van der Waals surface area contributed by atoms with Gasteiger partial charge in [0.2, 0.25) is 0 Å². The van der Waals surface area contributed by atoms with Gasteiger partial charge in [-0.1, -0.05) is 72.8 Å². The third-order valence-corrected chi connectivity index (χ3v) is 4.87. The molecule has 0 aliphatic carbocycles. The molecule has 1 amide bonds. The Morgan fingerprint density at radius 3 is 1.96 bits per heavy atom. The van der Waals surface area contributed by atoms with Gasteiger partial charge in [-0.25, -0.2) is 4.79 Å². The molecule has 2 N–H and O–H groups in total. The van der Waals surface area contributed by atoms with Crippen molar-refractivity contribution < 1.29 is 14.7 Å². The van der Waals surface area contributed by atoms with E-state index in [1.54, 1.807) is 12.1 Å². The molecule has 0 aliphatic rings. The number of nitrogens with one attached hydrogen (secondary N) is 1. The van der Waals surface area contributed by atoms with Crippen molar-refractivity contribution in [2.45, 2.75) is 12.5 Å². The number of carboxylic acids is 1. The van der Waals surface area contributed by atoms with Crippen LogP contribution >= 0.6 is 0 Å². The molecule has 0 spiro atoms. The zero-order chi connectivity index (χ0) is 19.5. The average molecular weight is 369 g/mol. The molecule has 1 unspecified atom stereocenters. The van der Waals surface area contributed by atoms with Crippen molar-refractivity contribution in [2.75, 3.05) is 0 Å². The Morgan fingerprint density at radius 1 is 0.750 bits per heavy atom. The first-order chi connectivity index (χ1) is 13.6. The smallest absolute Gasteiger partial charge is 0.326 e. The summed E-state index contributed by atoms with van der Waals surface area (Å²) in [6.45, 7) is 0. The summed E-state index contributed by atoms with van der Waals surface area (Å²) in [5.74, 6) is -1.44. The predicted octanol–water partition coefficient (Wildman–Crippen LogP) is 4.42. The first-order valence-corrected chi connectivity index (χ1v) is 9.10. The predicted molar refractivity (Wildman–Crippen MR) is 110 cm³/mol. The third-order valence-electron chi connectivity index (χ3n) is 4.87. The monoisotopic (exact) mass is 369 g/mol. The van der Waals surface area contributed by atoms with E-state index in [1.807, 2.05) is 72.8 Å². The third kappa shape index (κ3) is 3.71. The van der Waals surface area contributed by atoms with Crippen molar-refractivity contribution >= 4 is 33.4 Å². The Kier molecular flexibility index (Phi) is 4.77. The highest BCUT2D eigenvalue weighted by Gasteiger charge is 2.21. The van der Waals surface area contributed by atoms with Crippen LogP contribution in [0.15, 0.2) is 84.9 Å². The largest absolute Gasteiger partial charge is 0.480 e. The van der Waals surface area contributed by atoms with Crippen LogP contribution in [0.1, 0.15) is 15.9 Å². The van der Waals surface area contributed by atoms with Gasteiger partial charge in [0.15, 0.2) is 0 Å². The molecule has 0 heterocycles. The summed E-state index contributed by atoms with van der Waals surface area (Å²) in [7, 11) is 0. The summed E-state index contributed by atoms with van der Waals surface area (Å²) in [4.78, 5) is 24.4. The molecule has 4 aromatic carbocycles. The van der Waals surface area contributed by atoms with Gasteiger partial charge >= 0.3 is 5.97 Å². The molecular formula is C24H19NO3. The van der Waals surface area contributed by atoms with Gasteiger partial charge in [0.1, 0.15) is 6.04 Å². The second-order valence-electron chi connectivity index (χ2n) is 6.81. The Labute approximate surface area is 162 Å². The van der Waals surface area contributed by atoms with E-state index < -0.39 is 12.0 Å². The van der Waals surface area contributed by atoms with Crippen LogP contribution in [0.5, 0.6) is 0 Å². The summed E-state index contributed by atoms with van der Waals surface area (Å²) < 4.78 is 0. The molecule has 4 rings (SSSR count). The number of carbonyl (C=O) groups is 2. The number of benzene rings is 4. The molecule has 0 saturated heterocycles. The molecular weight excluding hydrogens is 350 g/mol. The molecule has 4 heteroatoms. The van der Waals surface area contributed by atoms with Crippen molar-refractivity contribution in [1.29, 1.82) is 0 Å². The maximum atomic E-state index is 12.6. The number of carbonyl (C=O) groups excluding carboxylic acids is 1. The highest BCUT2D eigenvalue weighted by molar-refractivity contribution is 6.00. The van der Waals surface area contributed by atoms with Crippen LogP contribution in [0.3, 0.4) is 0 Å². The van der Waals surface area contributed by atoms with Crippen LogP contribution in [0.4, 0.5) is 0 Å². The topological polar surface area (TPSA) is 66.4 Å². The van der Waals surface area contributed by atoms with Gasteiger partial charge in [0, 0.05) is 12.0 Å². The molecule has 4 nitrogen and oxygen atoms in total. The van der Waals surface area contributed by atoms with Crippen molar-refractivity contribution in [2.24, 2.45) is 0 Å². The van der Waals surface area contributed by atoms with E-state index >= 15 is 0 Å². The van der Waals surface area contributed by atoms with E-state index in [0.717, 1.165) is 27.1 Å². The van der Waals surface area contributed by atoms with Gasteiger partial charge < -0.3 is 10.4 Å². The zero-order valence-corrected chi connectivity index (χ0v) is 15.1. The number of fused-ring (bicyclic) bond motifs is 2.